The molecule has 0 saturated carbocycles. The number of carbonyl (C=O) groups is 1. The maximum Gasteiger partial charge on any atom is 0.428 e. The molecule has 1 atom stereocenters. The third kappa shape index (κ3) is 3.52. The first-order valence-corrected chi connectivity index (χ1v) is 7.40. The average Bonchev–Trinajstić information content (AvgIpc) is 2.52. The van der Waals surface area contributed by atoms with Gasteiger partial charge in [0.05, 0.1) is 5.56 Å². The Hall–Kier alpha value is -1.95. The molecule has 0 amide bonds. The number of alkyl halides is 3. The molecule has 0 heterocycles. The molecule has 6 heteroatoms. The molecule has 1 unspecified atom stereocenters. The number of hydrogen-bond acceptors (Lipinski definition) is 3. The van der Waals surface area contributed by atoms with Crippen LogP contribution in [0, 0.1) is 0 Å². The van der Waals surface area contributed by atoms with Gasteiger partial charge < -0.3 is 4.74 Å². The molecule has 0 aliphatic heterocycles. The van der Waals surface area contributed by atoms with Gasteiger partial charge in [-0.25, -0.2) is 4.79 Å². The summed E-state index contributed by atoms with van der Waals surface area (Å²) in [7, 11) is 0. The highest BCUT2D eigenvalue weighted by Crippen LogP contribution is 2.35. The quantitative estimate of drug-likeness (QED) is 0.633. The van der Waals surface area contributed by atoms with Crippen molar-refractivity contribution in [3.63, 3.8) is 0 Å². The minimum atomic E-state index is -4.70. The zero-order chi connectivity index (χ0) is 17.3. The molecule has 0 N–H and O–H groups in total. The van der Waals surface area contributed by atoms with Gasteiger partial charge in [0, 0.05) is 5.75 Å². The Morgan fingerprint density at radius 2 is 1.87 bits per heavy atom. The summed E-state index contributed by atoms with van der Waals surface area (Å²) in [5.41, 5.74) is -1.74. The lowest BCUT2D eigenvalue weighted by atomic mass is 10.0. The number of esters is 1. The first kappa shape index (κ1) is 17.4. The zero-order valence-electron chi connectivity index (χ0n) is 12.4. The summed E-state index contributed by atoms with van der Waals surface area (Å²) in [5.74, 6) is -1.69. The van der Waals surface area contributed by atoms with Crippen LogP contribution in [0.25, 0.3) is 16.8 Å². The molecule has 2 nitrogen and oxygen atoms in total. The van der Waals surface area contributed by atoms with Crippen molar-refractivity contribution in [2.24, 2.45) is 0 Å². The summed E-state index contributed by atoms with van der Waals surface area (Å²) in [6.45, 7) is 4.46. The van der Waals surface area contributed by atoms with E-state index in [0.717, 1.165) is 23.3 Å². The number of hydrogen-bond donors (Lipinski definition) is 1. The number of rotatable bonds is 4. The van der Waals surface area contributed by atoms with Gasteiger partial charge in [0.25, 0.3) is 0 Å². The molecule has 0 aliphatic rings. The third-order valence-corrected chi connectivity index (χ3v) is 4.16. The molecular weight excluding hydrogens is 325 g/mol. The first-order chi connectivity index (χ1) is 10.7. The van der Waals surface area contributed by atoms with Crippen LogP contribution in [0.15, 0.2) is 43.0 Å². The number of benzene rings is 2. The Bertz CT molecular complexity index is 755. The fourth-order valence-electron chi connectivity index (χ4n) is 1.96. The molecule has 0 fully saturated rings. The molecule has 0 aromatic heterocycles. The van der Waals surface area contributed by atoms with Gasteiger partial charge in [0.1, 0.15) is 0 Å². The van der Waals surface area contributed by atoms with Crippen LogP contribution in [-0.2, 0) is 4.74 Å². The predicted molar refractivity (Wildman–Crippen MR) is 87.8 cm³/mol. The smallest absolute Gasteiger partial charge is 0.428 e. The van der Waals surface area contributed by atoms with Gasteiger partial charge in [-0.15, -0.1) is 0 Å². The molecule has 0 saturated heterocycles. The standard InChI is InChI=1S/C17H15F3O2S/c1-3-11-4-5-12-6-7-13(9-14(12)8-11)15(21)22-16(2,10-23)17(18,19)20/h3-9,23H,1,10H2,2H3. The SMILES string of the molecule is C=Cc1ccc2ccc(C(=O)OC(C)(CS)C(F)(F)F)cc2c1. The fourth-order valence-corrected chi connectivity index (χ4v) is 2.21. The van der Waals surface area contributed by atoms with E-state index in [9.17, 15) is 18.0 Å². The second kappa shape index (κ2) is 6.28. The van der Waals surface area contributed by atoms with Crippen molar-refractivity contribution in [3.05, 3.63) is 54.1 Å². The highest BCUT2D eigenvalue weighted by molar-refractivity contribution is 7.80. The Labute approximate surface area is 137 Å². The Kier molecular flexibility index (Phi) is 4.75. The normalized spacial score (nSPS) is 14.3. The van der Waals surface area contributed by atoms with Crippen LogP contribution in [0.4, 0.5) is 13.2 Å². The van der Waals surface area contributed by atoms with Gasteiger partial charge in [0.15, 0.2) is 0 Å². The second-order valence-corrected chi connectivity index (χ2v) is 5.62. The molecule has 2 aromatic carbocycles. The lowest BCUT2D eigenvalue weighted by molar-refractivity contribution is -0.242. The number of carbonyl (C=O) groups excluding carboxylic acids is 1. The van der Waals surface area contributed by atoms with Crippen LogP contribution >= 0.6 is 12.6 Å². The largest absolute Gasteiger partial charge is 0.445 e. The number of ether oxygens (including phenoxy) is 1. The summed E-state index contributed by atoms with van der Waals surface area (Å²) >= 11 is 3.66. The third-order valence-electron chi connectivity index (χ3n) is 3.56. The van der Waals surface area contributed by atoms with E-state index in [4.69, 9.17) is 0 Å². The number of halogens is 3. The second-order valence-electron chi connectivity index (χ2n) is 5.30. The lowest BCUT2D eigenvalue weighted by Crippen LogP contribution is -2.48. The van der Waals surface area contributed by atoms with Crippen molar-refractivity contribution < 1.29 is 22.7 Å². The minimum absolute atomic E-state index is 0.0518. The molecule has 2 rings (SSSR count). The molecule has 0 spiro atoms. The van der Waals surface area contributed by atoms with Crippen LogP contribution < -0.4 is 0 Å². The maximum absolute atomic E-state index is 13.0. The monoisotopic (exact) mass is 340 g/mol. The molecule has 0 aliphatic carbocycles. The summed E-state index contributed by atoms with van der Waals surface area (Å²) in [6, 6.07) is 10.1. The highest BCUT2D eigenvalue weighted by atomic mass is 32.1. The minimum Gasteiger partial charge on any atom is -0.445 e. The molecular formula is C17H15F3O2S. The van der Waals surface area contributed by atoms with Gasteiger partial charge in [-0.2, -0.15) is 25.8 Å². The Balaban J connectivity index is 2.36. The van der Waals surface area contributed by atoms with E-state index in [1.165, 1.54) is 12.1 Å². The summed E-state index contributed by atoms with van der Waals surface area (Å²) in [5, 5.41) is 1.58. The Morgan fingerprint density at radius 1 is 1.22 bits per heavy atom. The van der Waals surface area contributed by atoms with E-state index in [-0.39, 0.29) is 5.56 Å². The topological polar surface area (TPSA) is 26.3 Å². The molecule has 23 heavy (non-hydrogen) atoms. The summed E-state index contributed by atoms with van der Waals surface area (Å²) in [4.78, 5) is 12.1. The number of thiol groups is 1. The molecule has 0 radical (unpaired) electrons. The van der Waals surface area contributed by atoms with Gasteiger partial charge in [-0.05, 0) is 41.5 Å². The summed E-state index contributed by atoms with van der Waals surface area (Å²) in [6.07, 6.45) is -3.05. The van der Waals surface area contributed by atoms with Crippen LogP contribution in [0.1, 0.15) is 22.8 Å². The molecule has 0 bridgehead atoms. The van der Waals surface area contributed by atoms with Crippen LogP contribution in [0.3, 0.4) is 0 Å². The van der Waals surface area contributed by atoms with E-state index < -0.39 is 23.5 Å². The zero-order valence-corrected chi connectivity index (χ0v) is 13.2. The maximum atomic E-state index is 13.0. The van der Waals surface area contributed by atoms with Crippen molar-refractivity contribution in [1.82, 2.24) is 0 Å². The van der Waals surface area contributed by atoms with E-state index in [1.54, 1.807) is 18.2 Å². The van der Waals surface area contributed by atoms with E-state index >= 15 is 0 Å². The van der Waals surface area contributed by atoms with E-state index in [0.29, 0.717) is 0 Å². The molecule has 122 valence electrons. The highest BCUT2D eigenvalue weighted by Gasteiger charge is 2.53. The first-order valence-electron chi connectivity index (χ1n) is 6.77. The van der Waals surface area contributed by atoms with Gasteiger partial charge >= 0.3 is 12.1 Å². The van der Waals surface area contributed by atoms with Crippen molar-refractivity contribution >= 4 is 35.4 Å². The van der Waals surface area contributed by atoms with Crippen molar-refractivity contribution in [1.29, 1.82) is 0 Å². The van der Waals surface area contributed by atoms with Gasteiger partial charge in [-0.3, -0.25) is 0 Å². The van der Waals surface area contributed by atoms with Gasteiger partial charge in [-0.1, -0.05) is 30.9 Å². The Morgan fingerprint density at radius 3 is 2.43 bits per heavy atom. The van der Waals surface area contributed by atoms with Crippen LogP contribution in [0.5, 0.6) is 0 Å². The summed E-state index contributed by atoms with van der Waals surface area (Å²) < 4.78 is 43.7. The van der Waals surface area contributed by atoms with E-state index in [2.05, 4.69) is 23.9 Å². The van der Waals surface area contributed by atoms with Crippen molar-refractivity contribution in [3.8, 4) is 0 Å². The van der Waals surface area contributed by atoms with Crippen molar-refractivity contribution in [2.45, 2.75) is 18.7 Å². The van der Waals surface area contributed by atoms with Crippen molar-refractivity contribution in [2.75, 3.05) is 5.75 Å². The van der Waals surface area contributed by atoms with Crippen LogP contribution in [-0.4, -0.2) is 23.5 Å². The average molecular weight is 340 g/mol. The van der Waals surface area contributed by atoms with Crippen LogP contribution in [0.2, 0.25) is 0 Å². The van der Waals surface area contributed by atoms with E-state index in [1.807, 2.05) is 12.1 Å². The van der Waals surface area contributed by atoms with Gasteiger partial charge in [0.2, 0.25) is 5.60 Å². The fraction of sp³-hybridized carbons (Fsp3) is 0.235. The predicted octanol–water partition coefficient (Wildman–Crippen LogP) is 4.89. The number of fused-ring (bicyclic) bond motifs is 1. The molecule has 2 aromatic rings. The lowest BCUT2D eigenvalue weighted by Gasteiger charge is -2.30.